The van der Waals surface area contributed by atoms with Gasteiger partial charge in [0.2, 0.25) is 11.9 Å². The number of anilines is 1. The molecule has 1 atom stereocenters. The van der Waals surface area contributed by atoms with Crippen LogP contribution in [0.4, 0.5) is 19.1 Å². The highest BCUT2D eigenvalue weighted by Crippen LogP contribution is 2.45. The molecule has 1 unspecified atom stereocenters. The van der Waals surface area contributed by atoms with Crippen LogP contribution in [0.1, 0.15) is 44.1 Å². The molecule has 1 aliphatic heterocycles. The number of hydrogen-bond acceptors (Lipinski definition) is 3. The zero-order chi connectivity index (χ0) is 21.0. The van der Waals surface area contributed by atoms with Crippen LogP contribution >= 0.6 is 11.6 Å². The van der Waals surface area contributed by atoms with E-state index in [0.29, 0.717) is 22.9 Å². The van der Waals surface area contributed by atoms with E-state index in [-0.39, 0.29) is 23.4 Å². The number of carbonyl (C=O) groups is 2. The van der Waals surface area contributed by atoms with Crippen molar-refractivity contribution in [2.24, 2.45) is 5.92 Å². The maximum absolute atomic E-state index is 14.3. The Labute approximate surface area is 169 Å². The number of imidazole rings is 1. The second-order valence-electron chi connectivity index (χ2n) is 7.71. The van der Waals surface area contributed by atoms with E-state index in [1.54, 1.807) is 6.92 Å². The van der Waals surface area contributed by atoms with Gasteiger partial charge in [-0.3, -0.25) is 19.5 Å². The van der Waals surface area contributed by atoms with Gasteiger partial charge in [0.1, 0.15) is 0 Å². The number of halogens is 4. The highest BCUT2D eigenvalue weighted by molar-refractivity contribution is 6.32. The van der Waals surface area contributed by atoms with Crippen molar-refractivity contribution in [2.75, 3.05) is 5.32 Å². The molecule has 1 fully saturated rings. The fourth-order valence-electron chi connectivity index (χ4n) is 4.31. The third kappa shape index (κ3) is 3.06. The molecule has 6 nitrogen and oxygen atoms in total. The van der Waals surface area contributed by atoms with E-state index in [2.05, 4.69) is 10.3 Å². The smallest absolute Gasteiger partial charge is 0.317 e. The molecule has 1 aromatic carbocycles. The predicted octanol–water partition coefficient (Wildman–Crippen LogP) is 4.25. The maximum atomic E-state index is 14.3. The van der Waals surface area contributed by atoms with E-state index >= 15 is 0 Å². The van der Waals surface area contributed by atoms with Gasteiger partial charge < -0.3 is 5.32 Å². The van der Waals surface area contributed by atoms with Crippen LogP contribution in [0.25, 0.3) is 11.0 Å². The average molecular weight is 429 g/mol. The quantitative estimate of drug-likeness (QED) is 0.764. The fourth-order valence-corrected chi connectivity index (χ4v) is 4.46. The van der Waals surface area contributed by atoms with E-state index in [1.165, 1.54) is 12.1 Å². The third-order valence-electron chi connectivity index (χ3n) is 5.89. The van der Waals surface area contributed by atoms with Crippen LogP contribution in [-0.4, -0.2) is 27.5 Å². The van der Waals surface area contributed by atoms with Gasteiger partial charge in [0.15, 0.2) is 0 Å². The highest BCUT2D eigenvalue weighted by atomic mass is 35.5. The average Bonchev–Trinajstić information content (AvgIpc) is 3.33. The van der Waals surface area contributed by atoms with Crippen molar-refractivity contribution < 1.29 is 22.8 Å². The molecule has 29 heavy (non-hydrogen) atoms. The zero-order valence-corrected chi connectivity index (χ0v) is 16.5. The highest BCUT2D eigenvalue weighted by Gasteiger charge is 2.67. The summed E-state index contributed by atoms with van der Waals surface area (Å²) in [7, 11) is 0. The topological polar surface area (TPSA) is 76.0 Å². The zero-order valence-electron chi connectivity index (χ0n) is 15.7. The lowest BCUT2D eigenvalue weighted by Crippen LogP contribution is -2.63. The number of nitrogens with one attached hydrogen (secondary N) is 2. The van der Waals surface area contributed by atoms with Crippen LogP contribution in [0.5, 0.6) is 0 Å². The molecule has 1 saturated carbocycles. The van der Waals surface area contributed by atoms with Crippen LogP contribution in [0.3, 0.4) is 0 Å². The summed E-state index contributed by atoms with van der Waals surface area (Å²) in [5.74, 6) is -2.13. The first kappa shape index (κ1) is 20.0. The number of aryl methyl sites for hydroxylation is 1. The molecule has 2 aliphatic rings. The van der Waals surface area contributed by atoms with Gasteiger partial charge in [-0.1, -0.05) is 37.3 Å². The molecule has 2 N–H and O–H groups in total. The second kappa shape index (κ2) is 6.90. The Balaban J connectivity index is 1.74. The van der Waals surface area contributed by atoms with Crippen molar-refractivity contribution in [3.63, 3.8) is 0 Å². The van der Waals surface area contributed by atoms with Gasteiger partial charge in [0.25, 0.3) is 11.6 Å². The van der Waals surface area contributed by atoms with E-state index in [0.717, 1.165) is 30.3 Å². The van der Waals surface area contributed by atoms with Crippen LogP contribution in [0, 0.1) is 12.8 Å². The van der Waals surface area contributed by atoms with Gasteiger partial charge in [-0.25, -0.2) is 4.98 Å². The van der Waals surface area contributed by atoms with Crippen LogP contribution in [0.2, 0.25) is 5.02 Å². The number of alkyl halides is 3. The van der Waals surface area contributed by atoms with E-state index in [1.807, 2.05) is 5.32 Å². The summed E-state index contributed by atoms with van der Waals surface area (Å²) in [6, 6.07) is 2.81. The first-order chi connectivity index (χ1) is 13.6. The van der Waals surface area contributed by atoms with Crippen molar-refractivity contribution in [1.29, 1.82) is 0 Å². The summed E-state index contributed by atoms with van der Waals surface area (Å²) < 4.78 is 43.6. The van der Waals surface area contributed by atoms with Crippen molar-refractivity contribution in [3.05, 3.63) is 22.7 Å². The molecule has 1 aliphatic carbocycles. The van der Waals surface area contributed by atoms with Crippen LogP contribution < -0.4 is 10.6 Å². The standard InChI is InChI=1S/C19H20ClF3N4O2/c1-10-12(20)7-8-13-15(10)24-17-25-16(29)18(27(13)17,19(21,22)23)26-14(28)9-6-11-4-2-3-5-11/h7-8,11H,2-6,9H2,1H3,(H,26,28)(H,24,25,29). The summed E-state index contributed by atoms with van der Waals surface area (Å²) in [6.07, 6.45) is -0.521. The molecule has 0 saturated heterocycles. The molecule has 2 aromatic rings. The number of amides is 2. The molecule has 2 heterocycles. The number of aromatic nitrogens is 2. The van der Waals surface area contributed by atoms with Gasteiger partial charge in [-0.15, -0.1) is 0 Å². The summed E-state index contributed by atoms with van der Waals surface area (Å²) in [5, 5.41) is 4.50. The van der Waals surface area contributed by atoms with Gasteiger partial charge >= 0.3 is 6.18 Å². The summed E-state index contributed by atoms with van der Waals surface area (Å²) >= 11 is 6.06. The lowest BCUT2D eigenvalue weighted by Gasteiger charge is -2.32. The first-order valence-corrected chi connectivity index (χ1v) is 9.90. The number of carbonyl (C=O) groups excluding carboxylic acids is 2. The van der Waals surface area contributed by atoms with Gasteiger partial charge in [-0.2, -0.15) is 13.2 Å². The summed E-state index contributed by atoms with van der Waals surface area (Å²) in [5.41, 5.74) is -2.46. The Kier molecular flexibility index (Phi) is 4.76. The SMILES string of the molecule is Cc1c(Cl)ccc2c1nc1n2C(NC(=O)CCC2CCCC2)(C(F)(F)F)C(=O)N1. The minimum absolute atomic E-state index is 0.0636. The Morgan fingerprint density at radius 2 is 2.07 bits per heavy atom. The molecular weight excluding hydrogens is 409 g/mol. The van der Waals surface area contributed by atoms with E-state index < -0.39 is 23.7 Å². The van der Waals surface area contributed by atoms with Crippen molar-refractivity contribution in [1.82, 2.24) is 14.9 Å². The molecular formula is C19H20ClF3N4O2. The number of benzene rings is 1. The molecule has 0 radical (unpaired) electrons. The normalized spacial score (nSPS) is 22.2. The van der Waals surface area contributed by atoms with E-state index in [9.17, 15) is 22.8 Å². The lowest BCUT2D eigenvalue weighted by atomic mass is 10.0. The van der Waals surface area contributed by atoms with Gasteiger partial charge in [0, 0.05) is 11.4 Å². The summed E-state index contributed by atoms with van der Waals surface area (Å²) in [6.45, 7) is 1.63. The molecule has 1 aromatic heterocycles. The van der Waals surface area contributed by atoms with Gasteiger partial charge in [0.05, 0.1) is 11.0 Å². The fraction of sp³-hybridized carbons (Fsp3) is 0.526. The summed E-state index contributed by atoms with van der Waals surface area (Å²) in [4.78, 5) is 29.1. The Morgan fingerprint density at radius 3 is 2.72 bits per heavy atom. The Morgan fingerprint density at radius 1 is 1.38 bits per heavy atom. The molecule has 0 spiro atoms. The number of nitrogens with zero attached hydrogens (tertiary/aromatic N) is 2. The largest absolute Gasteiger partial charge is 0.440 e. The van der Waals surface area contributed by atoms with Crippen LogP contribution in [0.15, 0.2) is 12.1 Å². The number of hydrogen-bond donors (Lipinski definition) is 2. The molecule has 10 heteroatoms. The minimum Gasteiger partial charge on any atom is -0.317 e. The lowest BCUT2D eigenvalue weighted by molar-refractivity contribution is -0.217. The molecule has 4 rings (SSSR count). The Hall–Kier alpha value is -2.29. The Bertz CT molecular complexity index is 997. The number of fused-ring (bicyclic) bond motifs is 3. The van der Waals surface area contributed by atoms with E-state index in [4.69, 9.17) is 11.6 Å². The monoisotopic (exact) mass is 428 g/mol. The maximum Gasteiger partial charge on any atom is 0.440 e. The van der Waals surface area contributed by atoms with Crippen molar-refractivity contribution in [2.45, 2.75) is 57.3 Å². The molecule has 2 amide bonds. The number of rotatable bonds is 4. The van der Waals surface area contributed by atoms with Gasteiger partial charge in [-0.05, 0) is 37.0 Å². The van der Waals surface area contributed by atoms with Crippen LogP contribution in [-0.2, 0) is 15.3 Å². The molecule has 156 valence electrons. The minimum atomic E-state index is -5.08. The van der Waals surface area contributed by atoms with Crippen molar-refractivity contribution >= 4 is 40.4 Å². The molecule has 0 bridgehead atoms. The third-order valence-corrected chi connectivity index (χ3v) is 6.30. The first-order valence-electron chi connectivity index (χ1n) is 9.52. The second-order valence-corrected chi connectivity index (χ2v) is 8.12. The van der Waals surface area contributed by atoms with Crippen molar-refractivity contribution in [3.8, 4) is 0 Å². The predicted molar refractivity (Wildman–Crippen MR) is 101 cm³/mol.